The number of nitrogens with zero attached hydrogens (tertiary/aromatic N) is 2. The standard InChI is InChI=1S/C13H21N3/c14-10-13-2-1-8-16(11-13)9-5-12-3-6-15-7-4-12/h3-4,6-7,13H,1-2,5,8-11,14H2. The van der Waals surface area contributed by atoms with Crippen molar-refractivity contribution in [1.29, 1.82) is 0 Å². The second kappa shape index (κ2) is 5.97. The van der Waals surface area contributed by atoms with Crippen molar-refractivity contribution < 1.29 is 0 Å². The van der Waals surface area contributed by atoms with Crippen LogP contribution in [0.3, 0.4) is 0 Å². The lowest BCUT2D eigenvalue weighted by Crippen LogP contribution is -2.39. The van der Waals surface area contributed by atoms with Crippen LogP contribution in [0.2, 0.25) is 0 Å². The molecule has 2 heterocycles. The lowest BCUT2D eigenvalue weighted by molar-refractivity contribution is 0.180. The molecule has 1 aliphatic rings. The first-order chi connectivity index (χ1) is 7.88. The number of hydrogen-bond donors (Lipinski definition) is 1. The Morgan fingerprint density at radius 3 is 2.94 bits per heavy atom. The fourth-order valence-corrected chi connectivity index (χ4v) is 2.38. The van der Waals surface area contributed by atoms with E-state index < -0.39 is 0 Å². The number of nitrogens with two attached hydrogens (primary N) is 1. The van der Waals surface area contributed by atoms with Crippen LogP contribution in [0.5, 0.6) is 0 Å². The van der Waals surface area contributed by atoms with Gasteiger partial charge in [-0.25, -0.2) is 0 Å². The van der Waals surface area contributed by atoms with Gasteiger partial charge in [-0.1, -0.05) is 0 Å². The van der Waals surface area contributed by atoms with E-state index in [2.05, 4.69) is 22.0 Å². The Morgan fingerprint density at radius 2 is 2.19 bits per heavy atom. The highest BCUT2D eigenvalue weighted by atomic mass is 15.1. The summed E-state index contributed by atoms with van der Waals surface area (Å²) < 4.78 is 0. The molecule has 1 atom stereocenters. The molecule has 0 radical (unpaired) electrons. The van der Waals surface area contributed by atoms with Crippen molar-refractivity contribution in [3.8, 4) is 0 Å². The van der Waals surface area contributed by atoms with E-state index in [1.807, 2.05) is 12.4 Å². The van der Waals surface area contributed by atoms with Crippen LogP contribution in [0.25, 0.3) is 0 Å². The van der Waals surface area contributed by atoms with Gasteiger partial charge in [0.25, 0.3) is 0 Å². The smallest absolute Gasteiger partial charge is 0.0270 e. The van der Waals surface area contributed by atoms with Crippen molar-refractivity contribution in [1.82, 2.24) is 9.88 Å². The van der Waals surface area contributed by atoms with Crippen LogP contribution >= 0.6 is 0 Å². The number of rotatable bonds is 4. The quantitative estimate of drug-likeness (QED) is 0.830. The molecule has 1 saturated heterocycles. The fourth-order valence-electron chi connectivity index (χ4n) is 2.38. The van der Waals surface area contributed by atoms with E-state index in [1.165, 1.54) is 31.5 Å². The van der Waals surface area contributed by atoms with E-state index in [4.69, 9.17) is 5.73 Å². The Bertz CT molecular complexity index is 299. The molecular formula is C13H21N3. The first kappa shape index (κ1) is 11.6. The molecule has 0 bridgehead atoms. The zero-order chi connectivity index (χ0) is 11.2. The van der Waals surface area contributed by atoms with Crippen molar-refractivity contribution in [2.24, 2.45) is 11.7 Å². The lowest BCUT2D eigenvalue weighted by atomic mass is 9.98. The number of pyridine rings is 1. The maximum absolute atomic E-state index is 5.74. The Balaban J connectivity index is 1.77. The average Bonchev–Trinajstić information content (AvgIpc) is 2.38. The van der Waals surface area contributed by atoms with Crippen molar-refractivity contribution in [2.45, 2.75) is 19.3 Å². The average molecular weight is 219 g/mol. The van der Waals surface area contributed by atoms with Gasteiger partial charge in [0.05, 0.1) is 0 Å². The number of hydrogen-bond acceptors (Lipinski definition) is 3. The summed E-state index contributed by atoms with van der Waals surface area (Å²) >= 11 is 0. The predicted octanol–water partition coefficient (Wildman–Crippen LogP) is 1.29. The molecule has 0 aliphatic carbocycles. The SMILES string of the molecule is NCC1CCCN(CCc2ccncc2)C1. The van der Waals surface area contributed by atoms with E-state index in [9.17, 15) is 0 Å². The Morgan fingerprint density at radius 1 is 1.38 bits per heavy atom. The summed E-state index contributed by atoms with van der Waals surface area (Å²) in [4.78, 5) is 6.58. The second-order valence-corrected chi connectivity index (χ2v) is 4.65. The van der Waals surface area contributed by atoms with Gasteiger partial charge in [0.15, 0.2) is 0 Å². The summed E-state index contributed by atoms with van der Waals surface area (Å²) in [5.41, 5.74) is 7.12. The molecule has 2 N–H and O–H groups in total. The van der Waals surface area contributed by atoms with Gasteiger partial charge in [-0.05, 0) is 56.0 Å². The highest BCUT2D eigenvalue weighted by molar-refractivity contribution is 5.09. The summed E-state index contributed by atoms with van der Waals surface area (Å²) in [6.07, 6.45) is 7.47. The third-order valence-corrected chi connectivity index (χ3v) is 3.40. The Labute approximate surface area is 97.7 Å². The topological polar surface area (TPSA) is 42.1 Å². The van der Waals surface area contributed by atoms with Crippen LogP contribution in [-0.2, 0) is 6.42 Å². The molecule has 1 aliphatic heterocycles. The van der Waals surface area contributed by atoms with E-state index in [0.29, 0.717) is 5.92 Å². The zero-order valence-corrected chi connectivity index (χ0v) is 9.81. The predicted molar refractivity (Wildman–Crippen MR) is 66.2 cm³/mol. The van der Waals surface area contributed by atoms with Gasteiger partial charge in [-0.15, -0.1) is 0 Å². The first-order valence-corrected chi connectivity index (χ1v) is 6.20. The second-order valence-electron chi connectivity index (χ2n) is 4.65. The number of likely N-dealkylation sites (tertiary alicyclic amines) is 1. The molecule has 16 heavy (non-hydrogen) atoms. The summed E-state index contributed by atoms with van der Waals surface area (Å²) in [5, 5.41) is 0. The summed E-state index contributed by atoms with van der Waals surface area (Å²) in [7, 11) is 0. The zero-order valence-electron chi connectivity index (χ0n) is 9.81. The van der Waals surface area contributed by atoms with Crippen LogP contribution in [0.1, 0.15) is 18.4 Å². The normalized spacial score (nSPS) is 22.2. The largest absolute Gasteiger partial charge is 0.330 e. The van der Waals surface area contributed by atoms with E-state index in [0.717, 1.165) is 19.5 Å². The molecule has 3 nitrogen and oxygen atoms in total. The third-order valence-electron chi connectivity index (χ3n) is 3.40. The molecule has 0 amide bonds. The highest BCUT2D eigenvalue weighted by Gasteiger charge is 2.17. The fraction of sp³-hybridized carbons (Fsp3) is 0.615. The molecular weight excluding hydrogens is 198 g/mol. The van der Waals surface area contributed by atoms with Crippen LogP contribution in [-0.4, -0.2) is 36.1 Å². The molecule has 0 spiro atoms. The minimum absolute atomic E-state index is 0.714. The van der Waals surface area contributed by atoms with Crippen LogP contribution in [0, 0.1) is 5.92 Å². The number of piperidine rings is 1. The Kier molecular flexibility index (Phi) is 4.31. The van der Waals surface area contributed by atoms with E-state index in [1.54, 1.807) is 0 Å². The molecule has 1 aromatic heterocycles. The molecule has 1 aromatic rings. The van der Waals surface area contributed by atoms with Crippen molar-refractivity contribution in [3.05, 3.63) is 30.1 Å². The molecule has 0 aromatic carbocycles. The minimum Gasteiger partial charge on any atom is -0.330 e. The summed E-state index contributed by atoms with van der Waals surface area (Å²) in [6.45, 7) is 4.41. The summed E-state index contributed by atoms with van der Waals surface area (Å²) in [6, 6.07) is 4.20. The third kappa shape index (κ3) is 3.29. The van der Waals surface area contributed by atoms with Gasteiger partial charge in [0.2, 0.25) is 0 Å². The van der Waals surface area contributed by atoms with Crippen molar-refractivity contribution >= 4 is 0 Å². The first-order valence-electron chi connectivity index (χ1n) is 6.20. The van der Waals surface area contributed by atoms with Gasteiger partial charge < -0.3 is 10.6 Å². The highest BCUT2D eigenvalue weighted by Crippen LogP contribution is 2.15. The van der Waals surface area contributed by atoms with Gasteiger partial charge >= 0.3 is 0 Å². The van der Waals surface area contributed by atoms with Crippen LogP contribution in [0.15, 0.2) is 24.5 Å². The molecule has 1 fully saturated rings. The lowest BCUT2D eigenvalue weighted by Gasteiger charge is -2.32. The van der Waals surface area contributed by atoms with E-state index >= 15 is 0 Å². The monoisotopic (exact) mass is 219 g/mol. The van der Waals surface area contributed by atoms with Gasteiger partial charge in [0.1, 0.15) is 0 Å². The molecule has 3 heteroatoms. The van der Waals surface area contributed by atoms with Gasteiger partial charge in [-0.3, -0.25) is 4.98 Å². The van der Waals surface area contributed by atoms with E-state index in [-0.39, 0.29) is 0 Å². The Hall–Kier alpha value is -0.930. The summed E-state index contributed by atoms with van der Waals surface area (Å²) in [5.74, 6) is 0.714. The van der Waals surface area contributed by atoms with Gasteiger partial charge in [0, 0.05) is 25.5 Å². The van der Waals surface area contributed by atoms with Gasteiger partial charge in [-0.2, -0.15) is 0 Å². The maximum Gasteiger partial charge on any atom is 0.0270 e. The molecule has 1 unspecified atom stereocenters. The molecule has 0 saturated carbocycles. The van der Waals surface area contributed by atoms with Crippen molar-refractivity contribution in [3.63, 3.8) is 0 Å². The molecule has 2 rings (SSSR count). The van der Waals surface area contributed by atoms with Crippen LogP contribution < -0.4 is 5.73 Å². The maximum atomic E-state index is 5.74. The van der Waals surface area contributed by atoms with Crippen LogP contribution in [0.4, 0.5) is 0 Å². The molecule has 88 valence electrons. The van der Waals surface area contributed by atoms with Crippen molar-refractivity contribution in [2.75, 3.05) is 26.2 Å². The number of aromatic nitrogens is 1. The minimum atomic E-state index is 0.714.